The summed E-state index contributed by atoms with van der Waals surface area (Å²) < 4.78 is 22.1. The summed E-state index contributed by atoms with van der Waals surface area (Å²) in [4.78, 5) is 15.6. The number of methoxy groups -OCH3 is 2. The smallest absolute Gasteiger partial charge is 0.319 e. The van der Waals surface area contributed by atoms with Crippen LogP contribution in [0.2, 0.25) is 0 Å². The van der Waals surface area contributed by atoms with E-state index in [0.29, 0.717) is 19.6 Å². The highest BCUT2D eigenvalue weighted by Crippen LogP contribution is 2.48. The molecule has 1 N–H and O–H groups in total. The molecule has 4 rings (SSSR count). The molecular formula is C31H36N3O5P. The first kappa shape index (κ1) is 29.4. The first-order valence-corrected chi connectivity index (χ1v) is 14.9. The van der Waals surface area contributed by atoms with Crippen molar-refractivity contribution in [2.24, 2.45) is 0 Å². The summed E-state index contributed by atoms with van der Waals surface area (Å²) in [6.45, 7) is 2.77. The predicted molar refractivity (Wildman–Crippen MR) is 156 cm³/mol. The molecule has 1 unspecified atom stereocenters. The average Bonchev–Trinajstić information content (AvgIpc) is 3.49. The number of nitrogens with one attached hydrogen (secondary N) is 1. The highest BCUT2D eigenvalue weighted by molar-refractivity contribution is 7.46. The predicted octanol–water partition coefficient (Wildman–Crippen LogP) is 6.06. The van der Waals surface area contributed by atoms with Crippen LogP contribution in [0.15, 0.2) is 78.9 Å². The molecule has 1 aliphatic rings. The van der Waals surface area contributed by atoms with Gasteiger partial charge in [-0.25, -0.2) is 4.79 Å². The van der Waals surface area contributed by atoms with Gasteiger partial charge in [0.2, 0.25) is 0 Å². The third kappa shape index (κ3) is 6.39. The summed E-state index contributed by atoms with van der Waals surface area (Å²) in [5.74, 6) is 1.54. The Bertz CT molecular complexity index is 1220. The lowest BCUT2D eigenvalue weighted by atomic mass is 9.64. The number of hydrogen-bond acceptors (Lipinski definition) is 6. The Kier molecular flexibility index (Phi) is 10.4. The minimum Gasteiger partial charge on any atom is -0.497 e. The summed E-state index contributed by atoms with van der Waals surface area (Å²) in [7, 11) is 2.12. The van der Waals surface area contributed by atoms with E-state index in [2.05, 4.69) is 41.7 Å². The number of likely N-dealkylation sites (tertiary alicyclic amines) is 1. The molecule has 1 aliphatic heterocycles. The number of carbonyl (C=O) groups is 1. The molecule has 1 heterocycles. The molecular weight excluding hydrogens is 525 g/mol. The number of urea groups is 1. The van der Waals surface area contributed by atoms with E-state index in [1.165, 1.54) is 0 Å². The fourth-order valence-corrected chi connectivity index (χ4v) is 6.16. The molecule has 210 valence electrons. The molecule has 2 amide bonds. The number of benzene rings is 3. The Balaban J connectivity index is 1.73. The molecule has 0 bridgehead atoms. The lowest BCUT2D eigenvalue weighted by Gasteiger charge is -2.45. The molecule has 1 saturated heterocycles. The monoisotopic (exact) mass is 561 g/mol. The Morgan fingerprint density at radius 2 is 1.52 bits per heavy atom. The Morgan fingerprint density at radius 3 is 2.08 bits per heavy atom. The second kappa shape index (κ2) is 14.1. The molecule has 9 heteroatoms. The zero-order chi connectivity index (χ0) is 28.4. The molecule has 0 radical (unpaired) electrons. The van der Waals surface area contributed by atoms with Crippen LogP contribution in [0.4, 0.5) is 4.79 Å². The largest absolute Gasteiger partial charge is 0.497 e. The van der Waals surface area contributed by atoms with Gasteiger partial charge in [-0.15, -0.1) is 0 Å². The molecule has 0 saturated carbocycles. The summed E-state index contributed by atoms with van der Waals surface area (Å²) in [5.41, 5.74) is 2.56. The minimum absolute atomic E-state index is 0.0280. The van der Waals surface area contributed by atoms with Gasteiger partial charge < -0.3 is 28.7 Å². The number of nitriles is 1. The van der Waals surface area contributed by atoms with E-state index in [1.54, 1.807) is 14.2 Å². The normalized spacial score (nSPS) is 15.8. The highest BCUT2D eigenvalue weighted by Gasteiger charge is 2.49. The van der Waals surface area contributed by atoms with Crippen molar-refractivity contribution < 1.29 is 23.3 Å². The maximum absolute atomic E-state index is 13.7. The molecule has 0 aromatic heterocycles. The van der Waals surface area contributed by atoms with Crippen molar-refractivity contribution in [2.45, 2.75) is 30.7 Å². The first-order chi connectivity index (χ1) is 19.5. The van der Waals surface area contributed by atoms with Gasteiger partial charge in [0, 0.05) is 13.2 Å². The van der Waals surface area contributed by atoms with Gasteiger partial charge in [0.05, 0.1) is 44.8 Å². The van der Waals surface area contributed by atoms with Crippen LogP contribution >= 0.6 is 8.38 Å². The van der Waals surface area contributed by atoms with Crippen molar-refractivity contribution >= 4 is 14.4 Å². The van der Waals surface area contributed by atoms with Gasteiger partial charge in [-0.05, 0) is 53.8 Å². The molecule has 3 aromatic carbocycles. The standard InChI is InChI=1S/C31H36N3O5P/c1-36-27-16-12-25(13-17-27)31(24-9-5-4-6-10-24,26-14-18-28(37-2)19-15-26)29-11-7-21-34(29)30(35)33-23-39-40(3)38-22-8-20-32/h4-6,9-10,12-19,29H,7-8,11,21-23H2,1-3H3,(H,33,35)/t29-,40?/m1/s1. The van der Waals surface area contributed by atoms with E-state index < -0.39 is 13.8 Å². The van der Waals surface area contributed by atoms with Gasteiger partial charge in [-0.3, -0.25) is 0 Å². The average molecular weight is 562 g/mol. The second-order valence-corrected chi connectivity index (χ2v) is 10.8. The number of amides is 2. The van der Waals surface area contributed by atoms with Crippen LogP contribution in [-0.4, -0.2) is 57.7 Å². The SMILES string of the molecule is COc1ccc(C(c2ccccc2)(c2ccc(OC)cc2)[C@H]2CCCN2C(=O)NCOP(C)OCCC#N)cc1. The van der Waals surface area contributed by atoms with Gasteiger partial charge in [0.1, 0.15) is 18.2 Å². The summed E-state index contributed by atoms with van der Waals surface area (Å²) in [6, 6.07) is 28.3. The highest BCUT2D eigenvalue weighted by atomic mass is 31.2. The van der Waals surface area contributed by atoms with Gasteiger partial charge in [-0.2, -0.15) is 5.26 Å². The second-order valence-electron chi connectivity index (χ2n) is 9.42. The van der Waals surface area contributed by atoms with Gasteiger partial charge in [-0.1, -0.05) is 54.6 Å². The van der Waals surface area contributed by atoms with Gasteiger partial charge in [0.25, 0.3) is 0 Å². The number of rotatable bonds is 12. The van der Waals surface area contributed by atoms with Crippen LogP contribution in [0.5, 0.6) is 11.5 Å². The van der Waals surface area contributed by atoms with Crippen molar-refractivity contribution in [3.8, 4) is 17.6 Å². The van der Waals surface area contributed by atoms with Crippen LogP contribution in [-0.2, 0) is 14.5 Å². The lowest BCUT2D eigenvalue weighted by molar-refractivity contribution is 0.165. The van der Waals surface area contributed by atoms with Crippen LogP contribution in [0.25, 0.3) is 0 Å². The summed E-state index contributed by atoms with van der Waals surface area (Å²) in [5, 5.41) is 11.6. The Morgan fingerprint density at radius 1 is 0.950 bits per heavy atom. The van der Waals surface area contributed by atoms with Crippen LogP contribution in [0.1, 0.15) is 36.0 Å². The summed E-state index contributed by atoms with van der Waals surface area (Å²) >= 11 is 0. The van der Waals surface area contributed by atoms with E-state index in [4.69, 9.17) is 23.8 Å². The van der Waals surface area contributed by atoms with Crippen molar-refractivity contribution in [1.29, 1.82) is 5.26 Å². The van der Waals surface area contributed by atoms with E-state index in [9.17, 15) is 4.79 Å². The quantitative estimate of drug-likeness (QED) is 0.125. The van der Waals surface area contributed by atoms with Crippen molar-refractivity contribution in [3.05, 3.63) is 95.6 Å². The lowest BCUT2D eigenvalue weighted by Crippen LogP contribution is -2.53. The number of ether oxygens (including phenoxy) is 2. The van der Waals surface area contributed by atoms with Gasteiger partial charge >= 0.3 is 6.03 Å². The zero-order valence-electron chi connectivity index (χ0n) is 23.2. The summed E-state index contributed by atoms with van der Waals surface area (Å²) in [6.07, 6.45) is 1.99. The van der Waals surface area contributed by atoms with Crippen molar-refractivity contribution in [2.75, 3.05) is 40.8 Å². The molecule has 3 aromatic rings. The van der Waals surface area contributed by atoms with Crippen LogP contribution in [0.3, 0.4) is 0 Å². The molecule has 40 heavy (non-hydrogen) atoms. The third-order valence-electron chi connectivity index (χ3n) is 7.29. The molecule has 2 atom stereocenters. The van der Waals surface area contributed by atoms with E-state index in [1.807, 2.05) is 60.1 Å². The number of hydrogen-bond donors (Lipinski definition) is 1. The van der Waals surface area contributed by atoms with E-state index in [-0.39, 0.29) is 18.8 Å². The Labute approximate surface area is 237 Å². The maximum atomic E-state index is 13.7. The van der Waals surface area contributed by atoms with Crippen molar-refractivity contribution in [1.82, 2.24) is 10.2 Å². The third-order valence-corrected chi connectivity index (χ3v) is 8.33. The molecule has 8 nitrogen and oxygen atoms in total. The maximum Gasteiger partial charge on any atom is 0.319 e. The zero-order valence-corrected chi connectivity index (χ0v) is 24.1. The van der Waals surface area contributed by atoms with Crippen molar-refractivity contribution in [3.63, 3.8) is 0 Å². The van der Waals surface area contributed by atoms with Crippen LogP contribution in [0, 0.1) is 11.3 Å². The molecule has 0 aliphatic carbocycles. The molecule has 0 spiro atoms. The number of carbonyl (C=O) groups excluding carboxylic acids is 1. The minimum atomic E-state index is -1.19. The Hall–Kier alpha value is -3.63. The van der Waals surface area contributed by atoms with Gasteiger partial charge in [0.15, 0.2) is 8.38 Å². The topological polar surface area (TPSA) is 93.1 Å². The fraction of sp³-hybridized carbons (Fsp3) is 0.355. The number of nitrogens with zero attached hydrogens (tertiary/aromatic N) is 2. The first-order valence-electron chi connectivity index (χ1n) is 13.3. The van der Waals surface area contributed by atoms with E-state index in [0.717, 1.165) is 41.0 Å². The fourth-order valence-electron chi connectivity index (χ4n) is 5.49. The molecule has 1 fully saturated rings. The van der Waals surface area contributed by atoms with E-state index >= 15 is 0 Å². The van der Waals surface area contributed by atoms with Crippen LogP contribution < -0.4 is 14.8 Å².